The second kappa shape index (κ2) is 9.89. The van der Waals surface area contributed by atoms with Crippen molar-refractivity contribution in [3.05, 3.63) is 6.07 Å². The van der Waals surface area contributed by atoms with Crippen molar-refractivity contribution in [3.63, 3.8) is 0 Å². The van der Waals surface area contributed by atoms with Gasteiger partial charge in [0.2, 0.25) is 5.95 Å². The molecular formula is C21H34N6OS. The van der Waals surface area contributed by atoms with Crippen LogP contribution in [0.1, 0.15) is 58.3 Å². The van der Waals surface area contributed by atoms with E-state index in [4.69, 9.17) is 26.9 Å². The molecular weight excluding hydrogens is 384 g/mol. The third kappa shape index (κ3) is 5.48. The van der Waals surface area contributed by atoms with E-state index in [9.17, 15) is 0 Å². The molecule has 1 aromatic rings. The van der Waals surface area contributed by atoms with E-state index in [1.807, 2.05) is 0 Å². The number of aromatic nitrogens is 2. The molecule has 1 aromatic heterocycles. The van der Waals surface area contributed by atoms with Gasteiger partial charge in [-0.05, 0) is 51.2 Å². The highest BCUT2D eigenvalue weighted by Crippen LogP contribution is 2.27. The number of thiocarbonyl (C=S) groups is 1. The molecule has 2 aliphatic heterocycles. The monoisotopic (exact) mass is 418 g/mol. The van der Waals surface area contributed by atoms with Crippen molar-refractivity contribution in [2.45, 2.75) is 70.4 Å². The number of anilines is 3. The highest BCUT2D eigenvalue weighted by molar-refractivity contribution is 7.80. The molecule has 7 nitrogen and oxygen atoms in total. The first-order chi connectivity index (χ1) is 14.2. The zero-order chi connectivity index (χ0) is 20.1. The zero-order valence-corrected chi connectivity index (χ0v) is 18.3. The first kappa shape index (κ1) is 20.6. The Balaban J connectivity index is 1.52. The molecule has 2 saturated heterocycles. The Hall–Kier alpha value is -1.67. The van der Waals surface area contributed by atoms with E-state index in [1.165, 1.54) is 51.4 Å². The number of nitrogens with one attached hydrogen (secondary N) is 2. The van der Waals surface area contributed by atoms with Gasteiger partial charge in [-0.15, -0.1) is 0 Å². The SMILES string of the molecule is C[C@@H]1CCCCN1c1cc(N2CCOCC2)nc(NC(=S)NC2CCCCC2)n1. The first-order valence-corrected chi connectivity index (χ1v) is 11.7. The van der Waals surface area contributed by atoms with Crippen LogP contribution < -0.4 is 20.4 Å². The number of rotatable bonds is 4. The van der Waals surface area contributed by atoms with Crippen molar-refractivity contribution in [2.24, 2.45) is 0 Å². The van der Waals surface area contributed by atoms with Gasteiger partial charge in [-0.3, -0.25) is 0 Å². The van der Waals surface area contributed by atoms with Crippen molar-refractivity contribution >= 4 is 34.9 Å². The van der Waals surface area contributed by atoms with Crippen LogP contribution in [0.2, 0.25) is 0 Å². The van der Waals surface area contributed by atoms with Gasteiger partial charge in [-0.25, -0.2) is 0 Å². The Labute approximate surface area is 179 Å². The van der Waals surface area contributed by atoms with Gasteiger partial charge in [-0.2, -0.15) is 9.97 Å². The van der Waals surface area contributed by atoms with E-state index >= 15 is 0 Å². The van der Waals surface area contributed by atoms with Gasteiger partial charge in [-0.1, -0.05) is 19.3 Å². The van der Waals surface area contributed by atoms with E-state index in [2.05, 4.69) is 33.4 Å². The zero-order valence-electron chi connectivity index (χ0n) is 17.5. The molecule has 4 rings (SSSR count). The highest BCUT2D eigenvalue weighted by Gasteiger charge is 2.23. The average molecular weight is 419 g/mol. The van der Waals surface area contributed by atoms with Gasteiger partial charge in [0.25, 0.3) is 0 Å². The summed E-state index contributed by atoms with van der Waals surface area (Å²) in [7, 11) is 0. The van der Waals surface area contributed by atoms with Crippen LogP contribution in [-0.4, -0.2) is 60.0 Å². The fraction of sp³-hybridized carbons (Fsp3) is 0.762. The van der Waals surface area contributed by atoms with Crippen LogP contribution in [-0.2, 0) is 4.74 Å². The molecule has 1 atom stereocenters. The van der Waals surface area contributed by atoms with Crippen molar-refractivity contribution in [1.29, 1.82) is 0 Å². The molecule has 0 amide bonds. The van der Waals surface area contributed by atoms with Crippen LogP contribution in [0.3, 0.4) is 0 Å². The highest BCUT2D eigenvalue weighted by atomic mass is 32.1. The molecule has 0 bridgehead atoms. The molecule has 8 heteroatoms. The van der Waals surface area contributed by atoms with Gasteiger partial charge in [0.05, 0.1) is 13.2 Å². The second-order valence-electron chi connectivity index (χ2n) is 8.48. The van der Waals surface area contributed by atoms with E-state index < -0.39 is 0 Å². The predicted molar refractivity (Wildman–Crippen MR) is 122 cm³/mol. The van der Waals surface area contributed by atoms with E-state index in [0.29, 0.717) is 23.1 Å². The first-order valence-electron chi connectivity index (χ1n) is 11.2. The van der Waals surface area contributed by atoms with Crippen LogP contribution in [0.4, 0.5) is 17.6 Å². The maximum absolute atomic E-state index is 5.59. The molecule has 0 aromatic carbocycles. The number of piperidine rings is 1. The fourth-order valence-corrected chi connectivity index (χ4v) is 4.85. The number of hydrogen-bond acceptors (Lipinski definition) is 6. The smallest absolute Gasteiger partial charge is 0.232 e. The minimum Gasteiger partial charge on any atom is -0.378 e. The van der Waals surface area contributed by atoms with Crippen molar-refractivity contribution < 1.29 is 4.74 Å². The molecule has 3 fully saturated rings. The number of ether oxygens (including phenoxy) is 1. The lowest BCUT2D eigenvalue weighted by molar-refractivity contribution is 0.122. The summed E-state index contributed by atoms with van der Waals surface area (Å²) < 4.78 is 5.52. The molecule has 3 heterocycles. The maximum atomic E-state index is 5.59. The lowest BCUT2D eigenvalue weighted by Crippen LogP contribution is -2.41. The van der Waals surface area contributed by atoms with Gasteiger partial charge in [0.1, 0.15) is 11.6 Å². The number of nitrogens with zero attached hydrogens (tertiary/aromatic N) is 4. The number of hydrogen-bond donors (Lipinski definition) is 2. The molecule has 0 spiro atoms. The summed E-state index contributed by atoms with van der Waals surface area (Å²) in [6.45, 7) is 6.53. The minimum absolute atomic E-state index is 0.466. The summed E-state index contributed by atoms with van der Waals surface area (Å²) in [4.78, 5) is 14.4. The Kier molecular flexibility index (Phi) is 7.02. The van der Waals surface area contributed by atoms with Crippen LogP contribution in [0, 0.1) is 0 Å². The quantitative estimate of drug-likeness (QED) is 0.722. The van der Waals surface area contributed by atoms with Crippen molar-refractivity contribution in [1.82, 2.24) is 15.3 Å². The molecule has 2 N–H and O–H groups in total. The molecule has 0 unspecified atom stereocenters. The van der Waals surface area contributed by atoms with Gasteiger partial charge < -0.3 is 25.2 Å². The van der Waals surface area contributed by atoms with Gasteiger partial charge in [0.15, 0.2) is 5.11 Å². The van der Waals surface area contributed by atoms with Crippen molar-refractivity contribution in [2.75, 3.05) is 48.0 Å². The Morgan fingerprint density at radius 1 is 1.00 bits per heavy atom. The van der Waals surface area contributed by atoms with Crippen LogP contribution in [0.25, 0.3) is 0 Å². The van der Waals surface area contributed by atoms with Crippen molar-refractivity contribution in [3.8, 4) is 0 Å². The lowest BCUT2D eigenvalue weighted by atomic mass is 9.96. The maximum Gasteiger partial charge on any atom is 0.232 e. The third-order valence-corrected chi connectivity index (χ3v) is 6.52. The second-order valence-corrected chi connectivity index (χ2v) is 8.89. The van der Waals surface area contributed by atoms with Gasteiger partial charge >= 0.3 is 0 Å². The Morgan fingerprint density at radius 3 is 2.48 bits per heavy atom. The Morgan fingerprint density at radius 2 is 1.72 bits per heavy atom. The number of morpholine rings is 1. The van der Waals surface area contributed by atoms with E-state index in [0.717, 1.165) is 44.5 Å². The van der Waals surface area contributed by atoms with Crippen LogP contribution in [0.5, 0.6) is 0 Å². The minimum atomic E-state index is 0.466. The Bertz CT molecular complexity index is 690. The van der Waals surface area contributed by atoms with Crippen LogP contribution >= 0.6 is 12.2 Å². The van der Waals surface area contributed by atoms with E-state index in [1.54, 1.807) is 0 Å². The summed E-state index contributed by atoms with van der Waals surface area (Å²) in [5.41, 5.74) is 0. The fourth-order valence-electron chi connectivity index (χ4n) is 4.59. The average Bonchev–Trinajstić information content (AvgIpc) is 2.75. The van der Waals surface area contributed by atoms with Gasteiger partial charge in [0, 0.05) is 37.8 Å². The third-order valence-electron chi connectivity index (χ3n) is 6.30. The molecule has 0 radical (unpaired) electrons. The normalized spacial score (nSPS) is 23.7. The largest absolute Gasteiger partial charge is 0.378 e. The standard InChI is InChI=1S/C21H34N6OS/c1-16-7-5-6-10-27(16)19-15-18(26-11-13-28-14-12-26)23-20(24-19)25-21(29)22-17-8-3-2-4-9-17/h15-17H,2-14H2,1H3,(H2,22,23,24,25,29)/t16-/m1/s1. The van der Waals surface area contributed by atoms with Crippen LogP contribution in [0.15, 0.2) is 6.07 Å². The molecule has 29 heavy (non-hydrogen) atoms. The predicted octanol–water partition coefficient (Wildman–Crippen LogP) is 3.31. The van der Waals surface area contributed by atoms with E-state index in [-0.39, 0.29) is 0 Å². The molecule has 1 saturated carbocycles. The summed E-state index contributed by atoms with van der Waals surface area (Å²) >= 11 is 5.59. The molecule has 3 aliphatic rings. The summed E-state index contributed by atoms with van der Waals surface area (Å²) in [6, 6.07) is 3.10. The summed E-state index contributed by atoms with van der Waals surface area (Å²) in [5.74, 6) is 2.55. The summed E-state index contributed by atoms with van der Waals surface area (Å²) in [6.07, 6.45) is 9.98. The summed E-state index contributed by atoms with van der Waals surface area (Å²) in [5, 5.41) is 7.38. The topological polar surface area (TPSA) is 65.6 Å². The molecule has 160 valence electrons. The molecule has 1 aliphatic carbocycles. The lowest BCUT2D eigenvalue weighted by Gasteiger charge is -2.35.